The smallest absolute Gasteiger partial charge is 0.292 e. The van der Waals surface area contributed by atoms with Crippen molar-refractivity contribution in [1.82, 2.24) is 4.90 Å². The molecule has 0 unspecified atom stereocenters. The molecule has 144 valence electrons. The minimum Gasteiger partial charge on any atom is -0.378 e. The molecule has 2 aromatic rings. The van der Waals surface area contributed by atoms with Crippen LogP contribution in [0.2, 0.25) is 0 Å². The number of hydrogen-bond donors (Lipinski definition) is 1. The van der Waals surface area contributed by atoms with Crippen molar-refractivity contribution in [3.63, 3.8) is 0 Å². The first kappa shape index (κ1) is 20.4. The van der Waals surface area contributed by atoms with Gasteiger partial charge < -0.3 is 10.2 Å². The second-order valence-corrected chi connectivity index (χ2v) is 6.56. The van der Waals surface area contributed by atoms with Crippen LogP contribution in [0.3, 0.4) is 0 Å². The number of anilines is 2. The number of hydrogen-bond acceptors (Lipinski definition) is 5. The summed E-state index contributed by atoms with van der Waals surface area (Å²) in [7, 11) is 3.98. The van der Waals surface area contributed by atoms with Crippen molar-refractivity contribution in [1.29, 1.82) is 0 Å². The zero-order valence-corrected chi connectivity index (χ0v) is 16.2. The molecule has 0 saturated carbocycles. The summed E-state index contributed by atoms with van der Waals surface area (Å²) < 4.78 is 0. The average Bonchev–Trinajstić information content (AvgIpc) is 2.66. The molecule has 1 amide bonds. The van der Waals surface area contributed by atoms with Gasteiger partial charge in [-0.1, -0.05) is 31.2 Å². The highest BCUT2D eigenvalue weighted by Crippen LogP contribution is 2.24. The number of benzene rings is 2. The number of nitrogens with one attached hydrogen (secondary N) is 1. The number of carbonyl (C=O) groups excluding carboxylic acids is 1. The van der Waals surface area contributed by atoms with E-state index in [2.05, 4.69) is 5.32 Å². The quantitative estimate of drug-likeness (QED) is 0.568. The number of nitrogens with zero attached hydrogens (tertiary/aromatic N) is 3. The third kappa shape index (κ3) is 5.27. The fraction of sp³-hybridized carbons (Fsp3) is 0.350. The lowest BCUT2D eigenvalue weighted by molar-refractivity contribution is -0.383. The standard InChI is InChI=1S/C20H26N4O3/c1-5-23(14-16-10-12-17(13-11-16)22(3)4)15(2)20(25)21-18-8-6-7-9-19(18)24(26)27/h6-13,15H,5,14H2,1-4H3,(H,21,25)/t15-/m1/s1. The molecule has 0 radical (unpaired) electrons. The van der Waals surface area contributed by atoms with Crippen LogP contribution in [-0.4, -0.2) is 42.4 Å². The molecule has 7 heteroatoms. The molecule has 0 aromatic heterocycles. The van der Waals surface area contributed by atoms with Gasteiger partial charge in [0.1, 0.15) is 5.69 Å². The molecule has 0 saturated heterocycles. The number of rotatable bonds is 8. The Balaban J connectivity index is 2.08. The predicted octanol–water partition coefficient (Wildman–Crippen LogP) is 3.51. The first-order valence-electron chi connectivity index (χ1n) is 8.88. The summed E-state index contributed by atoms with van der Waals surface area (Å²) in [6.07, 6.45) is 0. The fourth-order valence-corrected chi connectivity index (χ4v) is 2.80. The van der Waals surface area contributed by atoms with E-state index >= 15 is 0 Å². The topological polar surface area (TPSA) is 78.7 Å². The van der Waals surface area contributed by atoms with Gasteiger partial charge in [-0.15, -0.1) is 0 Å². The van der Waals surface area contributed by atoms with Crippen LogP contribution in [0.5, 0.6) is 0 Å². The van der Waals surface area contributed by atoms with E-state index in [4.69, 9.17) is 0 Å². The molecule has 1 atom stereocenters. The number of likely N-dealkylation sites (N-methyl/N-ethyl adjacent to an activating group) is 1. The molecule has 0 aliphatic rings. The van der Waals surface area contributed by atoms with Crippen molar-refractivity contribution in [3.8, 4) is 0 Å². The Morgan fingerprint density at radius 2 is 1.78 bits per heavy atom. The Morgan fingerprint density at radius 3 is 2.33 bits per heavy atom. The Bertz CT molecular complexity index is 790. The summed E-state index contributed by atoms with van der Waals surface area (Å²) in [5.74, 6) is -0.268. The van der Waals surface area contributed by atoms with Gasteiger partial charge in [0.2, 0.25) is 5.91 Å². The van der Waals surface area contributed by atoms with E-state index in [1.165, 1.54) is 6.07 Å². The monoisotopic (exact) mass is 370 g/mol. The Morgan fingerprint density at radius 1 is 1.15 bits per heavy atom. The van der Waals surface area contributed by atoms with E-state index < -0.39 is 11.0 Å². The van der Waals surface area contributed by atoms with Gasteiger partial charge in [0.25, 0.3) is 5.69 Å². The Kier molecular flexibility index (Phi) is 6.90. The summed E-state index contributed by atoms with van der Waals surface area (Å²) >= 11 is 0. The summed E-state index contributed by atoms with van der Waals surface area (Å²) in [6, 6.07) is 13.9. The average molecular weight is 370 g/mol. The van der Waals surface area contributed by atoms with Crippen LogP contribution in [0.4, 0.5) is 17.1 Å². The van der Waals surface area contributed by atoms with Crippen LogP contribution in [0.25, 0.3) is 0 Å². The number of amides is 1. The van der Waals surface area contributed by atoms with Crippen molar-refractivity contribution >= 4 is 23.0 Å². The maximum atomic E-state index is 12.6. The van der Waals surface area contributed by atoms with Crippen LogP contribution in [0.15, 0.2) is 48.5 Å². The van der Waals surface area contributed by atoms with Gasteiger partial charge in [0.05, 0.1) is 11.0 Å². The molecule has 27 heavy (non-hydrogen) atoms. The molecule has 0 aliphatic carbocycles. The third-order valence-corrected chi connectivity index (χ3v) is 4.53. The van der Waals surface area contributed by atoms with E-state index in [1.807, 2.05) is 62.0 Å². The Labute approximate surface area is 159 Å². The minimum atomic E-state index is -0.496. The van der Waals surface area contributed by atoms with Crippen LogP contribution < -0.4 is 10.2 Å². The van der Waals surface area contributed by atoms with Crippen LogP contribution in [0.1, 0.15) is 19.4 Å². The van der Waals surface area contributed by atoms with Crippen molar-refractivity contribution in [3.05, 3.63) is 64.2 Å². The number of para-hydroxylation sites is 2. The predicted molar refractivity (Wildman–Crippen MR) is 108 cm³/mol. The zero-order valence-electron chi connectivity index (χ0n) is 16.2. The number of nitro groups is 1. The molecule has 2 aromatic carbocycles. The summed E-state index contributed by atoms with van der Waals surface area (Å²) in [5, 5.41) is 13.8. The van der Waals surface area contributed by atoms with E-state index in [0.717, 1.165) is 11.3 Å². The van der Waals surface area contributed by atoms with Crippen molar-refractivity contribution in [2.45, 2.75) is 26.4 Å². The highest BCUT2D eigenvalue weighted by molar-refractivity contribution is 5.96. The first-order chi connectivity index (χ1) is 12.8. The first-order valence-corrected chi connectivity index (χ1v) is 8.88. The summed E-state index contributed by atoms with van der Waals surface area (Å²) in [4.78, 5) is 27.3. The van der Waals surface area contributed by atoms with Crippen LogP contribution in [0, 0.1) is 10.1 Å². The van der Waals surface area contributed by atoms with Gasteiger partial charge in [-0.2, -0.15) is 0 Å². The molecule has 0 fully saturated rings. The molecular formula is C20H26N4O3. The maximum absolute atomic E-state index is 12.6. The van der Waals surface area contributed by atoms with E-state index in [-0.39, 0.29) is 17.3 Å². The van der Waals surface area contributed by atoms with Crippen LogP contribution >= 0.6 is 0 Å². The largest absolute Gasteiger partial charge is 0.378 e. The SMILES string of the molecule is CCN(Cc1ccc(N(C)C)cc1)[C@H](C)C(=O)Nc1ccccc1[N+](=O)[O-]. The van der Waals surface area contributed by atoms with Crippen molar-refractivity contribution in [2.24, 2.45) is 0 Å². The summed E-state index contributed by atoms with van der Waals surface area (Å²) in [5.41, 5.74) is 2.32. The molecular weight excluding hydrogens is 344 g/mol. The van der Waals surface area contributed by atoms with Gasteiger partial charge in [0.15, 0.2) is 0 Å². The second kappa shape index (κ2) is 9.14. The lowest BCUT2D eigenvalue weighted by atomic mass is 10.1. The van der Waals surface area contributed by atoms with Gasteiger partial charge in [-0.05, 0) is 37.2 Å². The molecule has 7 nitrogen and oxygen atoms in total. The fourth-order valence-electron chi connectivity index (χ4n) is 2.80. The lowest BCUT2D eigenvalue weighted by Crippen LogP contribution is -2.41. The normalized spacial score (nSPS) is 11.9. The van der Waals surface area contributed by atoms with Gasteiger partial charge in [0, 0.05) is 32.4 Å². The highest BCUT2D eigenvalue weighted by Gasteiger charge is 2.23. The molecule has 0 spiro atoms. The van der Waals surface area contributed by atoms with Gasteiger partial charge in [-0.3, -0.25) is 19.8 Å². The van der Waals surface area contributed by atoms with Gasteiger partial charge in [-0.25, -0.2) is 0 Å². The van der Waals surface area contributed by atoms with E-state index in [1.54, 1.807) is 18.2 Å². The molecule has 0 heterocycles. The molecule has 0 aliphatic heterocycles. The third-order valence-electron chi connectivity index (χ3n) is 4.53. The minimum absolute atomic E-state index is 0.111. The highest BCUT2D eigenvalue weighted by atomic mass is 16.6. The molecule has 1 N–H and O–H groups in total. The maximum Gasteiger partial charge on any atom is 0.292 e. The van der Waals surface area contributed by atoms with Crippen molar-refractivity contribution in [2.75, 3.05) is 30.9 Å². The molecule has 2 rings (SSSR count). The zero-order chi connectivity index (χ0) is 20.0. The van der Waals surface area contributed by atoms with Gasteiger partial charge >= 0.3 is 0 Å². The summed E-state index contributed by atoms with van der Waals surface area (Å²) in [6.45, 7) is 5.10. The Hall–Kier alpha value is -2.93. The number of nitro benzene ring substituents is 1. The second-order valence-electron chi connectivity index (χ2n) is 6.56. The van der Waals surface area contributed by atoms with Crippen molar-refractivity contribution < 1.29 is 9.72 Å². The molecule has 0 bridgehead atoms. The number of carbonyl (C=O) groups is 1. The van der Waals surface area contributed by atoms with E-state index in [0.29, 0.717) is 13.1 Å². The van der Waals surface area contributed by atoms with Crippen LogP contribution in [-0.2, 0) is 11.3 Å². The van der Waals surface area contributed by atoms with E-state index in [9.17, 15) is 14.9 Å². The lowest BCUT2D eigenvalue weighted by Gasteiger charge is -2.27.